The molecule has 476 valence electrons. The molecule has 1 heterocycles. The average molecular weight is 1170 g/mol. The molecule has 0 spiro atoms. The van der Waals surface area contributed by atoms with Gasteiger partial charge in [-0.25, -0.2) is 4.79 Å². The van der Waals surface area contributed by atoms with Gasteiger partial charge in [0.25, 0.3) is 0 Å². The van der Waals surface area contributed by atoms with Gasteiger partial charge in [0, 0.05) is 19.3 Å². The van der Waals surface area contributed by atoms with Crippen LogP contribution in [0.1, 0.15) is 290 Å². The highest BCUT2D eigenvalue weighted by atomic mass is 16.7. The Labute approximate surface area is 505 Å². The Morgan fingerprint density at radius 3 is 1.20 bits per heavy atom. The summed E-state index contributed by atoms with van der Waals surface area (Å²) in [5.74, 6) is -3.23. The molecule has 0 aromatic carbocycles. The Hall–Kier alpha value is -4.10. The molecule has 6 unspecified atom stereocenters. The molecule has 6 atom stereocenters. The first-order chi connectivity index (χ1) is 40.6. The third-order valence-corrected chi connectivity index (χ3v) is 15.0. The highest BCUT2D eigenvalue weighted by Crippen LogP contribution is 2.27. The van der Waals surface area contributed by atoms with E-state index in [1.165, 1.54) is 128 Å². The fourth-order valence-corrected chi connectivity index (χ4v) is 9.86. The third kappa shape index (κ3) is 47.8. The molecule has 0 bridgehead atoms. The van der Waals surface area contributed by atoms with Gasteiger partial charge in [-0.3, -0.25) is 14.4 Å². The Morgan fingerprint density at radius 1 is 0.410 bits per heavy atom. The topological polar surface area (TPSA) is 175 Å². The molecule has 1 rings (SSSR count). The largest absolute Gasteiger partial charge is 0.479 e. The predicted octanol–water partition coefficient (Wildman–Crippen LogP) is 18.2. The molecule has 0 saturated carbocycles. The lowest BCUT2D eigenvalue weighted by molar-refractivity contribution is -0.301. The number of carbonyl (C=O) groups is 4. The van der Waals surface area contributed by atoms with Crippen molar-refractivity contribution in [1.29, 1.82) is 0 Å². The lowest BCUT2D eigenvalue weighted by Crippen LogP contribution is -2.61. The van der Waals surface area contributed by atoms with Crippen LogP contribution in [0.4, 0.5) is 0 Å². The SMILES string of the molecule is CC/C=C\C/C=C\C/C=C\C/C=C\C/C=C\C/C=C\CCC(=O)OCC(COC1OC(C(=O)O)C(O)C(O)C1OC(=O)CCCCCCCCCCCCCCCCCCCCC)OC(=O)CCCCCCC/C=C\CCCCCCCC. The first-order valence-electron chi connectivity index (χ1n) is 33.6. The molecular weight excluding hydrogens is 1040 g/mol. The van der Waals surface area contributed by atoms with Gasteiger partial charge in [0.1, 0.15) is 18.8 Å². The maximum atomic E-state index is 13.2. The van der Waals surface area contributed by atoms with Gasteiger partial charge in [-0.15, -0.1) is 0 Å². The lowest BCUT2D eigenvalue weighted by atomic mass is 9.98. The van der Waals surface area contributed by atoms with Crippen molar-refractivity contribution in [2.75, 3.05) is 13.2 Å². The number of carbonyl (C=O) groups excluding carboxylic acids is 3. The monoisotopic (exact) mass is 1160 g/mol. The number of carboxylic acids is 1. The zero-order chi connectivity index (χ0) is 60.3. The molecule has 12 heteroatoms. The molecule has 12 nitrogen and oxygen atoms in total. The fourth-order valence-electron chi connectivity index (χ4n) is 9.86. The number of carboxylic acid groups (broad SMARTS) is 1. The number of aliphatic carboxylic acids is 1. The minimum atomic E-state index is -1.91. The number of hydrogen-bond donors (Lipinski definition) is 3. The number of aliphatic hydroxyl groups is 2. The number of rotatable bonds is 57. The molecule has 0 amide bonds. The number of allylic oxidation sites excluding steroid dienone is 14. The minimum Gasteiger partial charge on any atom is -0.479 e. The summed E-state index contributed by atoms with van der Waals surface area (Å²) < 4.78 is 28.5. The highest BCUT2D eigenvalue weighted by Gasteiger charge is 2.50. The number of aliphatic hydroxyl groups excluding tert-OH is 2. The Bertz CT molecular complexity index is 1760. The molecule has 0 radical (unpaired) electrons. The Kier molecular flexibility index (Phi) is 54.0. The van der Waals surface area contributed by atoms with E-state index in [1.807, 2.05) is 12.2 Å². The summed E-state index contributed by atoms with van der Waals surface area (Å²) in [6, 6.07) is 0. The predicted molar refractivity (Wildman–Crippen MR) is 340 cm³/mol. The Morgan fingerprint density at radius 2 is 0.783 bits per heavy atom. The van der Waals surface area contributed by atoms with Crippen LogP contribution < -0.4 is 0 Å². The quantitative estimate of drug-likeness (QED) is 0.0228. The summed E-state index contributed by atoms with van der Waals surface area (Å²) in [6.45, 7) is 5.84. The molecule has 3 N–H and O–H groups in total. The van der Waals surface area contributed by atoms with Crippen LogP contribution in [0.2, 0.25) is 0 Å². The van der Waals surface area contributed by atoms with E-state index < -0.39 is 67.3 Å². The van der Waals surface area contributed by atoms with E-state index in [-0.39, 0.29) is 25.9 Å². The molecular formula is C71H120O12. The van der Waals surface area contributed by atoms with E-state index in [9.17, 15) is 34.5 Å². The number of ether oxygens (including phenoxy) is 5. The smallest absolute Gasteiger partial charge is 0.335 e. The van der Waals surface area contributed by atoms with Gasteiger partial charge in [0.15, 0.2) is 24.6 Å². The van der Waals surface area contributed by atoms with Crippen molar-refractivity contribution in [2.45, 2.75) is 327 Å². The van der Waals surface area contributed by atoms with Crippen LogP contribution in [-0.2, 0) is 42.9 Å². The van der Waals surface area contributed by atoms with Gasteiger partial charge in [-0.05, 0) is 83.5 Å². The number of unbranched alkanes of at least 4 members (excludes halogenated alkanes) is 29. The molecule has 0 aromatic heterocycles. The summed E-state index contributed by atoms with van der Waals surface area (Å²) in [5.41, 5.74) is 0. The maximum absolute atomic E-state index is 13.2. The zero-order valence-corrected chi connectivity index (χ0v) is 52.7. The molecule has 0 aliphatic carbocycles. The van der Waals surface area contributed by atoms with Gasteiger partial charge in [0.05, 0.1) is 6.61 Å². The lowest BCUT2D eigenvalue weighted by Gasteiger charge is -2.40. The van der Waals surface area contributed by atoms with Gasteiger partial charge in [-0.2, -0.15) is 0 Å². The van der Waals surface area contributed by atoms with E-state index in [0.717, 1.165) is 103 Å². The van der Waals surface area contributed by atoms with Crippen molar-refractivity contribution < 1.29 is 58.2 Å². The molecule has 83 heavy (non-hydrogen) atoms. The van der Waals surface area contributed by atoms with Crippen LogP contribution in [0.3, 0.4) is 0 Å². The minimum absolute atomic E-state index is 0.0539. The van der Waals surface area contributed by atoms with Crippen molar-refractivity contribution in [3.8, 4) is 0 Å². The highest BCUT2D eigenvalue weighted by molar-refractivity contribution is 5.74. The second-order valence-electron chi connectivity index (χ2n) is 22.7. The second-order valence-corrected chi connectivity index (χ2v) is 22.7. The van der Waals surface area contributed by atoms with Crippen molar-refractivity contribution in [2.24, 2.45) is 0 Å². The summed E-state index contributed by atoms with van der Waals surface area (Å²) in [4.78, 5) is 51.3. The van der Waals surface area contributed by atoms with E-state index >= 15 is 0 Å². The molecule has 0 aromatic rings. The van der Waals surface area contributed by atoms with Crippen LogP contribution in [0.5, 0.6) is 0 Å². The normalized spacial score (nSPS) is 18.1. The number of hydrogen-bond acceptors (Lipinski definition) is 11. The van der Waals surface area contributed by atoms with Gasteiger partial charge in [-0.1, -0.05) is 273 Å². The summed E-state index contributed by atoms with van der Waals surface area (Å²) in [5, 5.41) is 31.6. The molecule has 1 aliphatic rings. The number of esters is 3. The van der Waals surface area contributed by atoms with Crippen LogP contribution in [0.15, 0.2) is 85.1 Å². The molecule has 1 fully saturated rings. The zero-order valence-electron chi connectivity index (χ0n) is 52.7. The summed E-state index contributed by atoms with van der Waals surface area (Å²) >= 11 is 0. The van der Waals surface area contributed by atoms with E-state index in [1.54, 1.807) is 0 Å². The maximum Gasteiger partial charge on any atom is 0.335 e. The molecule has 1 aliphatic heterocycles. The van der Waals surface area contributed by atoms with E-state index in [4.69, 9.17) is 23.7 Å². The van der Waals surface area contributed by atoms with E-state index in [2.05, 4.69) is 93.7 Å². The van der Waals surface area contributed by atoms with Crippen LogP contribution in [0.25, 0.3) is 0 Å². The van der Waals surface area contributed by atoms with Crippen molar-refractivity contribution in [3.05, 3.63) is 85.1 Å². The second kappa shape index (κ2) is 58.3. The first kappa shape index (κ1) is 76.9. The van der Waals surface area contributed by atoms with Gasteiger partial charge >= 0.3 is 23.9 Å². The van der Waals surface area contributed by atoms with Crippen LogP contribution in [0, 0.1) is 0 Å². The fraction of sp³-hybridized carbons (Fsp3) is 0.746. The third-order valence-electron chi connectivity index (χ3n) is 15.0. The van der Waals surface area contributed by atoms with Gasteiger partial charge < -0.3 is 39.0 Å². The van der Waals surface area contributed by atoms with Crippen molar-refractivity contribution in [1.82, 2.24) is 0 Å². The molecule has 1 saturated heterocycles. The first-order valence-corrected chi connectivity index (χ1v) is 33.6. The van der Waals surface area contributed by atoms with Gasteiger partial charge in [0.2, 0.25) is 0 Å². The standard InChI is InChI=1S/C71H120O12/c1-4-7-10-13-16-19-22-25-28-30-32-34-37-39-42-45-48-51-54-57-63(72)79-60-62(81-64(73)58-55-52-49-46-43-40-36-27-24-21-18-15-12-9-6-3)61-80-71-69(67(76)66(75)68(83-71)70(77)78)82-65(74)59-56-53-50-47-44-41-38-35-33-31-29-26-23-20-17-14-11-8-5-2/h7,10,16,19,25,27-28,32,34,36,39,42,48,51,62,66-69,71,75-76H,4-6,8-9,11-15,17-18,20-24,26,29-31,33,35,37-38,40-41,43-47,49-50,52-61H2,1-3H3,(H,77,78)/b10-7-,19-16-,28-25-,34-32-,36-27-,42-39-,51-48-. The van der Waals surface area contributed by atoms with Crippen molar-refractivity contribution >= 4 is 23.9 Å². The van der Waals surface area contributed by atoms with E-state index in [0.29, 0.717) is 19.3 Å². The Balaban J connectivity index is 2.68. The van der Waals surface area contributed by atoms with Crippen LogP contribution in [-0.4, -0.2) is 89.2 Å². The van der Waals surface area contributed by atoms with Crippen molar-refractivity contribution in [3.63, 3.8) is 0 Å². The average Bonchev–Trinajstić information content (AvgIpc) is 3.57. The summed E-state index contributed by atoms with van der Waals surface area (Å²) in [6.07, 6.45) is 64.1. The summed E-state index contributed by atoms with van der Waals surface area (Å²) in [7, 11) is 0. The van der Waals surface area contributed by atoms with Crippen LogP contribution >= 0.6 is 0 Å².